The lowest BCUT2D eigenvalue weighted by atomic mass is 10.1. The highest BCUT2D eigenvalue weighted by atomic mass is 79.9. The van der Waals surface area contributed by atoms with Crippen LogP contribution in [0.2, 0.25) is 5.02 Å². The molecule has 0 saturated carbocycles. The fourth-order valence-corrected chi connectivity index (χ4v) is 3.86. The Balaban J connectivity index is 2.65. The fraction of sp³-hybridized carbons (Fsp3) is 0.500. The van der Waals surface area contributed by atoms with Crippen LogP contribution in [0.15, 0.2) is 22.7 Å². The van der Waals surface area contributed by atoms with Gasteiger partial charge in [-0.2, -0.15) is 0 Å². The molecule has 1 rings (SSSR count). The Morgan fingerprint density at radius 3 is 2.63 bits per heavy atom. The Bertz CT molecular complexity index is 520. The first kappa shape index (κ1) is 17.1. The second-order valence-corrected chi connectivity index (χ2v) is 8.36. The molecular formula is C12H15BrCl2O3S. The second-order valence-electron chi connectivity index (χ2n) is 4.25. The molecule has 0 bridgehead atoms. The number of halogens is 3. The molecule has 0 heterocycles. The van der Waals surface area contributed by atoms with Crippen LogP contribution in [0.5, 0.6) is 5.75 Å². The molecule has 0 aliphatic heterocycles. The van der Waals surface area contributed by atoms with E-state index in [0.29, 0.717) is 17.4 Å². The van der Waals surface area contributed by atoms with Crippen LogP contribution in [0.25, 0.3) is 0 Å². The minimum Gasteiger partial charge on any atom is -0.492 e. The van der Waals surface area contributed by atoms with Gasteiger partial charge in [-0.05, 0) is 40.5 Å². The van der Waals surface area contributed by atoms with E-state index in [2.05, 4.69) is 15.9 Å². The smallest absolute Gasteiger partial charge is 0.232 e. The monoisotopic (exact) mass is 388 g/mol. The van der Waals surface area contributed by atoms with Crippen LogP contribution >= 0.6 is 38.2 Å². The highest BCUT2D eigenvalue weighted by Crippen LogP contribution is 2.28. The summed E-state index contributed by atoms with van der Waals surface area (Å²) < 4.78 is 28.6. The molecule has 19 heavy (non-hydrogen) atoms. The maximum atomic E-state index is 11.1. The normalized spacial score (nSPS) is 13.3. The summed E-state index contributed by atoms with van der Waals surface area (Å²) in [5, 5.41) is 0.604. The van der Waals surface area contributed by atoms with Gasteiger partial charge in [0.15, 0.2) is 0 Å². The number of benzene rings is 1. The van der Waals surface area contributed by atoms with Gasteiger partial charge < -0.3 is 4.74 Å². The first-order valence-electron chi connectivity index (χ1n) is 5.82. The van der Waals surface area contributed by atoms with Crippen molar-refractivity contribution < 1.29 is 13.2 Å². The van der Waals surface area contributed by atoms with Gasteiger partial charge in [0.25, 0.3) is 0 Å². The summed E-state index contributed by atoms with van der Waals surface area (Å²) in [7, 11) is 1.78. The van der Waals surface area contributed by atoms with Gasteiger partial charge in [-0.3, -0.25) is 0 Å². The molecule has 1 aromatic rings. The van der Waals surface area contributed by atoms with Crippen LogP contribution < -0.4 is 4.74 Å². The summed E-state index contributed by atoms with van der Waals surface area (Å²) >= 11 is 9.18. The zero-order chi connectivity index (χ0) is 14.5. The van der Waals surface area contributed by atoms with E-state index < -0.39 is 9.05 Å². The van der Waals surface area contributed by atoms with Crippen LogP contribution in [0.3, 0.4) is 0 Å². The molecule has 0 fully saturated rings. The van der Waals surface area contributed by atoms with Crippen molar-refractivity contribution in [2.45, 2.75) is 19.8 Å². The molecule has 1 aromatic carbocycles. The number of hydrogen-bond donors (Lipinski definition) is 0. The van der Waals surface area contributed by atoms with Gasteiger partial charge in [-0.25, -0.2) is 8.42 Å². The predicted octanol–water partition coefficient (Wildman–Crippen LogP) is 4.47. The highest BCUT2D eigenvalue weighted by Gasteiger charge is 2.17. The molecule has 0 saturated heterocycles. The van der Waals surface area contributed by atoms with E-state index in [1.807, 2.05) is 6.92 Å². The Hall–Kier alpha value is 0.0300. The summed E-state index contributed by atoms with van der Waals surface area (Å²) in [6.45, 7) is 2.30. The lowest BCUT2D eigenvalue weighted by Gasteiger charge is -2.16. The molecule has 0 aromatic heterocycles. The predicted molar refractivity (Wildman–Crippen MR) is 82.7 cm³/mol. The van der Waals surface area contributed by atoms with E-state index >= 15 is 0 Å². The Labute approximate surface area is 131 Å². The zero-order valence-electron chi connectivity index (χ0n) is 10.4. The number of rotatable bonds is 7. The molecule has 0 aliphatic carbocycles. The van der Waals surface area contributed by atoms with Crippen LogP contribution in [-0.2, 0) is 9.05 Å². The lowest BCUT2D eigenvalue weighted by Crippen LogP contribution is -2.19. The number of hydrogen-bond acceptors (Lipinski definition) is 3. The average Bonchev–Trinajstić information content (AvgIpc) is 2.26. The largest absolute Gasteiger partial charge is 0.492 e. The first-order valence-corrected chi connectivity index (χ1v) is 9.47. The molecule has 7 heteroatoms. The van der Waals surface area contributed by atoms with Crippen molar-refractivity contribution in [3.05, 3.63) is 27.7 Å². The van der Waals surface area contributed by atoms with Crippen LogP contribution in [-0.4, -0.2) is 20.8 Å². The Kier molecular flexibility index (Phi) is 6.94. The average molecular weight is 390 g/mol. The summed E-state index contributed by atoms with van der Waals surface area (Å²) in [4.78, 5) is 0. The third-order valence-corrected chi connectivity index (χ3v) is 4.60. The summed E-state index contributed by atoms with van der Waals surface area (Å²) in [6.07, 6.45) is 1.62. The van der Waals surface area contributed by atoms with Crippen molar-refractivity contribution in [2.24, 2.45) is 5.92 Å². The van der Waals surface area contributed by atoms with Crippen LogP contribution in [0.4, 0.5) is 0 Å². The molecule has 1 unspecified atom stereocenters. The van der Waals surface area contributed by atoms with Gasteiger partial charge in [0.1, 0.15) is 5.75 Å². The van der Waals surface area contributed by atoms with Gasteiger partial charge in [-0.15, -0.1) is 0 Å². The van der Waals surface area contributed by atoms with Crippen molar-refractivity contribution >= 4 is 47.3 Å². The molecule has 0 aliphatic rings. The maximum Gasteiger partial charge on any atom is 0.232 e. The van der Waals surface area contributed by atoms with Crippen molar-refractivity contribution in [3.63, 3.8) is 0 Å². The highest BCUT2D eigenvalue weighted by molar-refractivity contribution is 9.10. The fourth-order valence-electron chi connectivity index (χ4n) is 1.70. The van der Waals surface area contributed by atoms with Gasteiger partial charge >= 0.3 is 0 Å². The van der Waals surface area contributed by atoms with Gasteiger partial charge in [-0.1, -0.05) is 24.9 Å². The molecule has 0 radical (unpaired) electrons. The molecular weight excluding hydrogens is 375 g/mol. The standard InChI is InChI=1S/C12H15BrCl2O3S/c1-2-3-9(8-19(15,16)17)7-18-12-5-4-10(14)6-11(12)13/h4-6,9H,2-3,7-8H2,1H3. The third kappa shape index (κ3) is 6.84. The van der Waals surface area contributed by atoms with Crippen molar-refractivity contribution in [2.75, 3.05) is 12.4 Å². The lowest BCUT2D eigenvalue weighted by molar-refractivity contribution is 0.251. The van der Waals surface area contributed by atoms with E-state index in [9.17, 15) is 8.42 Å². The van der Waals surface area contributed by atoms with Gasteiger partial charge in [0, 0.05) is 21.6 Å². The van der Waals surface area contributed by atoms with Crippen molar-refractivity contribution in [3.8, 4) is 5.75 Å². The van der Waals surface area contributed by atoms with Crippen molar-refractivity contribution in [1.82, 2.24) is 0 Å². The third-order valence-electron chi connectivity index (χ3n) is 2.50. The summed E-state index contributed by atoms with van der Waals surface area (Å²) in [5.41, 5.74) is 0. The Morgan fingerprint density at radius 1 is 1.42 bits per heavy atom. The van der Waals surface area contributed by atoms with E-state index in [4.69, 9.17) is 27.0 Å². The molecule has 0 amide bonds. The SMILES string of the molecule is CCCC(COc1ccc(Cl)cc1Br)CS(=O)(=O)Cl. The van der Waals surface area contributed by atoms with Gasteiger partial charge in [0.05, 0.1) is 16.8 Å². The zero-order valence-corrected chi connectivity index (χ0v) is 14.3. The topological polar surface area (TPSA) is 43.4 Å². The van der Waals surface area contributed by atoms with Crippen LogP contribution in [0, 0.1) is 5.92 Å². The maximum absolute atomic E-state index is 11.1. The molecule has 0 spiro atoms. The number of ether oxygens (including phenoxy) is 1. The summed E-state index contributed by atoms with van der Waals surface area (Å²) in [5.74, 6) is 0.445. The quantitative estimate of drug-likeness (QED) is 0.646. The first-order chi connectivity index (χ1) is 8.81. The van der Waals surface area contributed by atoms with Crippen molar-refractivity contribution in [1.29, 1.82) is 0 Å². The van der Waals surface area contributed by atoms with E-state index in [1.165, 1.54) is 0 Å². The van der Waals surface area contributed by atoms with Gasteiger partial charge in [0.2, 0.25) is 9.05 Å². The Morgan fingerprint density at radius 2 is 2.11 bits per heavy atom. The molecule has 0 N–H and O–H groups in total. The second kappa shape index (κ2) is 7.72. The molecule has 108 valence electrons. The molecule has 3 nitrogen and oxygen atoms in total. The minimum atomic E-state index is -3.51. The minimum absolute atomic E-state index is 0.0758. The van der Waals surface area contributed by atoms with Crippen LogP contribution in [0.1, 0.15) is 19.8 Å². The van der Waals surface area contributed by atoms with E-state index in [-0.39, 0.29) is 11.7 Å². The van der Waals surface area contributed by atoms with E-state index in [1.54, 1.807) is 18.2 Å². The summed E-state index contributed by atoms with van der Waals surface area (Å²) in [6, 6.07) is 5.18. The molecule has 1 atom stereocenters. The van der Waals surface area contributed by atoms with E-state index in [0.717, 1.165) is 17.3 Å².